The maximum atomic E-state index is 13.0. The molecule has 1 heterocycles. The van der Waals surface area contributed by atoms with Crippen LogP contribution in [0.5, 0.6) is 0 Å². The third-order valence-corrected chi connectivity index (χ3v) is 3.97. The Balaban J connectivity index is 1.59. The molecule has 0 spiro atoms. The van der Waals surface area contributed by atoms with Gasteiger partial charge in [-0.25, -0.2) is 4.39 Å². The van der Waals surface area contributed by atoms with Crippen LogP contribution in [0.2, 0.25) is 0 Å². The fourth-order valence-electron chi connectivity index (χ4n) is 2.62. The number of hydrogen-bond acceptors (Lipinski definition) is 2. The van der Waals surface area contributed by atoms with E-state index >= 15 is 0 Å². The quantitative estimate of drug-likeness (QED) is 0.891. The van der Waals surface area contributed by atoms with E-state index in [2.05, 4.69) is 10.4 Å². The van der Waals surface area contributed by atoms with E-state index in [1.807, 2.05) is 13.1 Å². The van der Waals surface area contributed by atoms with Gasteiger partial charge in [0, 0.05) is 19.2 Å². The van der Waals surface area contributed by atoms with Crippen molar-refractivity contribution in [1.29, 1.82) is 0 Å². The number of rotatable bonds is 6. The molecule has 1 fully saturated rings. The molecular formula is C17H20FN3O. The molecule has 1 N–H and O–H groups in total. The SMILES string of the molecule is Cc1cnn(CCC(=O)N[C@@H](c2ccc(F)cc2)C2CC2)c1. The highest BCUT2D eigenvalue weighted by Gasteiger charge is 2.33. The van der Waals surface area contributed by atoms with Crippen molar-refractivity contribution < 1.29 is 9.18 Å². The van der Waals surface area contributed by atoms with E-state index in [1.165, 1.54) is 12.1 Å². The van der Waals surface area contributed by atoms with Crippen LogP contribution >= 0.6 is 0 Å². The summed E-state index contributed by atoms with van der Waals surface area (Å²) in [6, 6.07) is 6.41. The molecule has 116 valence electrons. The predicted octanol–water partition coefficient (Wildman–Crippen LogP) is 2.99. The Kier molecular flexibility index (Phi) is 4.22. The van der Waals surface area contributed by atoms with Crippen LogP contribution in [0, 0.1) is 18.7 Å². The molecule has 3 rings (SSSR count). The number of aromatic nitrogens is 2. The molecule has 0 radical (unpaired) electrons. The highest BCUT2D eigenvalue weighted by atomic mass is 19.1. The third kappa shape index (κ3) is 3.72. The highest BCUT2D eigenvalue weighted by molar-refractivity contribution is 5.76. The van der Waals surface area contributed by atoms with E-state index in [-0.39, 0.29) is 17.8 Å². The molecule has 1 aromatic heterocycles. The van der Waals surface area contributed by atoms with Crippen LogP contribution < -0.4 is 5.32 Å². The predicted molar refractivity (Wildman–Crippen MR) is 81.6 cm³/mol. The van der Waals surface area contributed by atoms with Crippen molar-refractivity contribution in [3.05, 3.63) is 53.6 Å². The Bertz CT molecular complexity index is 646. The molecule has 1 aromatic carbocycles. The first-order valence-electron chi connectivity index (χ1n) is 7.66. The first-order valence-corrected chi connectivity index (χ1v) is 7.66. The van der Waals surface area contributed by atoms with Gasteiger partial charge in [0.25, 0.3) is 0 Å². The Morgan fingerprint density at radius 1 is 1.41 bits per heavy atom. The van der Waals surface area contributed by atoms with Crippen LogP contribution in [-0.2, 0) is 11.3 Å². The maximum absolute atomic E-state index is 13.0. The van der Waals surface area contributed by atoms with Crippen LogP contribution in [0.4, 0.5) is 4.39 Å². The van der Waals surface area contributed by atoms with Gasteiger partial charge in [-0.05, 0) is 48.9 Å². The summed E-state index contributed by atoms with van der Waals surface area (Å²) in [5.74, 6) is 0.231. The van der Waals surface area contributed by atoms with E-state index in [9.17, 15) is 9.18 Å². The van der Waals surface area contributed by atoms with E-state index in [1.54, 1.807) is 23.0 Å². The molecule has 0 bridgehead atoms. The summed E-state index contributed by atoms with van der Waals surface area (Å²) in [5, 5.41) is 7.27. The minimum absolute atomic E-state index is 0.00698. The first-order chi connectivity index (χ1) is 10.6. The molecule has 0 unspecified atom stereocenters. The fraction of sp³-hybridized carbons (Fsp3) is 0.412. The molecule has 4 nitrogen and oxygen atoms in total. The summed E-state index contributed by atoms with van der Waals surface area (Å²) in [4.78, 5) is 12.2. The minimum Gasteiger partial charge on any atom is -0.349 e. The summed E-state index contributed by atoms with van der Waals surface area (Å²) < 4.78 is 14.8. The van der Waals surface area contributed by atoms with Gasteiger partial charge in [-0.2, -0.15) is 5.10 Å². The zero-order valence-corrected chi connectivity index (χ0v) is 12.6. The van der Waals surface area contributed by atoms with Crippen molar-refractivity contribution in [2.75, 3.05) is 0 Å². The van der Waals surface area contributed by atoms with Crippen molar-refractivity contribution in [2.24, 2.45) is 5.92 Å². The lowest BCUT2D eigenvalue weighted by atomic mass is 10.0. The zero-order chi connectivity index (χ0) is 15.5. The van der Waals surface area contributed by atoms with Crippen molar-refractivity contribution in [3.8, 4) is 0 Å². The average Bonchev–Trinajstić information content (AvgIpc) is 3.26. The van der Waals surface area contributed by atoms with Gasteiger partial charge in [-0.15, -0.1) is 0 Å². The molecule has 1 saturated carbocycles. The molecule has 1 aliphatic rings. The summed E-state index contributed by atoms with van der Waals surface area (Å²) >= 11 is 0. The van der Waals surface area contributed by atoms with Crippen LogP contribution in [0.1, 0.15) is 36.4 Å². The maximum Gasteiger partial charge on any atom is 0.222 e. The monoisotopic (exact) mass is 301 g/mol. The summed E-state index contributed by atoms with van der Waals surface area (Å²) in [6.07, 6.45) is 6.32. The van der Waals surface area contributed by atoms with E-state index in [4.69, 9.17) is 0 Å². The number of amides is 1. The van der Waals surface area contributed by atoms with Gasteiger partial charge in [-0.1, -0.05) is 12.1 Å². The van der Waals surface area contributed by atoms with Gasteiger partial charge in [0.2, 0.25) is 5.91 Å². The molecule has 2 aromatic rings. The molecule has 1 amide bonds. The van der Waals surface area contributed by atoms with Gasteiger partial charge in [0.05, 0.1) is 12.2 Å². The molecule has 0 saturated heterocycles. The molecule has 1 aliphatic carbocycles. The summed E-state index contributed by atoms with van der Waals surface area (Å²) in [7, 11) is 0. The topological polar surface area (TPSA) is 46.9 Å². The number of carbonyl (C=O) groups excluding carboxylic acids is 1. The molecule has 5 heteroatoms. The normalized spacial score (nSPS) is 15.5. The molecule has 1 atom stereocenters. The van der Waals surface area contributed by atoms with Crippen LogP contribution in [0.15, 0.2) is 36.7 Å². The van der Waals surface area contributed by atoms with E-state index in [0.717, 1.165) is 24.0 Å². The second kappa shape index (κ2) is 6.30. The number of nitrogens with one attached hydrogen (secondary N) is 1. The van der Waals surface area contributed by atoms with E-state index in [0.29, 0.717) is 18.9 Å². The lowest BCUT2D eigenvalue weighted by molar-refractivity contribution is -0.122. The fourth-order valence-corrected chi connectivity index (χ4v) is 2.62. The van der Waals surface area contributed by atoms with Crippen molar-refractivity contribution in [3.63, 3.8) is 0 Å². The van der Waals surface area contributed by atoms with Gasteiger partial charge >= 0.3 is 0 Å². The van der Waals surface area contributed by atoms with E-state index < -0.39 is 0 Å². The molecule has 22 heavy (non-hydrogen) atoms. The van der Waals surface area contributed by atoms with Gasteiger partial charge in [-0.3, -0.25) is 9.48 Å². The Hall–Kier alpha value is -2.17. The van der Waals surface area contributed by atoms with Crippen LogP contribution in [0.25, 0.3) is 0 Å². The lowest BCUT2D eigenvalue weighted by Crippen LogP contribution is -2.30. The average molecular weight is 301 g/mol. The van der Waals surface area contributed by atoms with Gasteiger partial charge in [0.1, 0.15) is 5.82 Å². The standard InChI is InChI=1S/C17H20FN3O/c1-12-10-19-21(11-12)9-8-16(22)20-17(13-2-3-13)14-4-6-15(18)7-5-14/h4-7,10-11,13,17H,2-3,8-9H2,1H3,(H,20,22)/t17-/m1/s1. The van der Waals surface area contributed by atoms with Gasteiger partial charge in [0.15, 0.2) is 0 Å². The van der Waals surface area contributed by atoms with Gasteiger partial charge < -0.3 is 5.32 Å². The lowest BCUT2D eigenvalue weighted by Gasteiger charge is -2.19. The molecular weight excluding hydrogens is 281 g/mol. The van der Waals surface area contributed by atoms with Crippen molar-refractivity contribution in [2.45, 2.75) is 38.8 Å². The van der Waals surface area contributed by atoms with Crippen molar-refractivity contribution >= 4 is 5.91 Å². The van der Waals surface area contributed by atoms with Crippen LogP contribution in [-0.4, -0.2) is 15.7 Å². The smallest absolute Gasteiger partial charge is 0.222 e. The number of halogens is 1. The second-order valence-corrected chi connectivity index (χ2v) is 5.96. The van der Waals surface area contributed by atoms with Crippen molar-refractivity contribution in [1.82, 2.24) is 15.1 Å². The number of nitrogens with zero attached hydrogens (tertiary/aromatic N) is 2. The van der Waals surface area contributed by atoms with Crippen LogP contribution in [0.3, 0.4) is 0 Å². The summed E-state index contributed by atoms with van der Waals surface area (Å²) in [6.45, 7) is 2.54. The largest absolute Gasteiger partial charge is 0.349 e. The Morgan fingerprint density at radius 2 is 2.14 bits per heavy atom. The number of aryl methyl sites for hydroxylation is 2. The summed E-state index contributed by atoms with van der Waals surface area (Å²) in [5.41, 5.74) is 2.06. The first kappa shape index (κ1) is 14.8. The second-order valence-electron chi connectivity index (χ2n) is 5.96. The molecule has 0 aliphatic heterocycles. The minimum atomic E-state index is -0.251. The number of carbonyl (C=O) groups is 1. The third-order valence-electron chi connectivity index (χ3n) is 3.97. The Labute approximate surface area is 129 Å². The number of hydrogen-bond donors (Lipinski definition) is 1. The zero-order valence-electron chi connectivity index (χ0n) is 12.6. The highest BCUT2D eigenvalue weighted by Crippen LogP contribution is 2.41. The Morgan fingerprint density at radius 3 is 2.73 bits per heavy atom. The number of benzene rings is 1.